The maximum absolute atomic E-state index is 10.1. The van der Waals surface area contributed by atoms with Crippen molar-refractivity contribution in [3.8, 4) is 0 Å². The Labute approximate surface area is 87.9 Å². The molecule has 1 saturated heterocycles. The van der Waals surface area contributed by atoms with Gasteiger partial charge in [0.2, 0.25) is 0 Å². The first kappa shape index (κ1) is 10.1. The molecule has 0 bridgehead atoms. The summed E-state index contributed by atoms with van der Waals surface area (Å²) >= 11 is 1.37. The molecule has 1 aromatic heterocycles. The van der Waals surface area contributed by atoms with E-state index in [0.29, 0.717) is 0 Å². The smallest absolute Gasteiger partial charge is 0.0951 e. The van der Waals surface area contributed by atoms with Crippen LogP contribution in [0.15, 0.2) is 12.3 Å². The van der Waals surface area contributed by atoms with Crippen LogP contribution < -0.4 is 0 Å². The Morgan fingerprint density at radius 1 is 1.79 bits per heavy atom. The van der Waals surface area contributed by atoms with Crippen molar-refractivity contribution in [2.75, 3.05) is 6.61 Å². The van der Waals surface area contributed by atoms with Gasteiger partial charge in [-0.15, -0.1) is 0 Å². The van der Waals surface area contributed by atoms with Crippen LogP contribution in [0.1, 0.15) is 30.7 Å². The molecule has 2 heterocycles. The average molecular weight is 213 g/mol. The number of hydrogen-bond acceptors (Lipinski definition) is 4. The molecule has 0 aromatic carbocycles. The largest absolute Gasteiger partial charge is 0.387 e. The Kier molecular flexibility index (Phi) is 3.15. The van der Waals surface area contributed by atoms with E-state index in [1.165, 1.54) is 11.5 Å². The highest BCUT2D eigenvalue weighted by molar-refractivity contribution is 7.05. The van der Waals surface area contributed by atoms with Gasteiger partial charge in [0, 0.05) is 18.7 Å². The zero-order chi connectivity index (χ0) is 9.97. The third-order valence-corrected chi connectivity index (χ3v) is 3.63. The van der Waals surface area contributed by atoms with Crippen molar-refractivity contribution in [2.24, 2.45) is 5.92 Å². The van der Waals surface area contributed by atoms with Crippen LogP contribution in [-0.2, 0) is 4.74 Å². The number of nitrogens with zero attached hydrogens (tertiary/aromatic N) is 1. The maximum Gasteiger partial charge on any atom is 0.0951 e. The molecule has 14 heavy (non-hydrogen) atoms. The minimum Gasteiger partial charge on any atom is -0.387 e. The number of rotatable bonds is 3. The van der Waals surface area contributed by atoms with Gasteiger partial charge in [0.05, 0.1) is 17.1 Å². The summed E-state index contributed by atoms with van der Waals surface area (Å²) in [5, 5.41) is 10.1. The minimum atomic E-state index is -0.394. The lowest BCUT2D eigenvalue weighted by molar-refractivity contribution is 0.0322. The second-order valence-corrected chi connectivity index (χ2v) is 4.49. The summed E-state index contributed by atoms with van der Waals surface area (Å²) in [5.41, 5.74) is 0. The lowest BCUT2D eigenvalue weighted by Crippen LogP contribution is -2.21. The SMILES string of the molecule is CCC1OCCC1C(O)c1ccns1. The molecule has 1 N–H and O–H groups in total. The number of aliphatic hydroxyl groups excluding tert-OH is 1. The van der Waals surface area contributed by atoms with E-state index >= 15 is 0 Å². The second kappa shape index (κ2) is 4.38. The van der Waals surface area contributed by atoms with Crippen molar-refractivity contribution in [1.29, 1.82) is 0 Å². The maximum atomic E-state index is 10.1. The summed E-state index contributed by atoms with van der Waals surface area (Å²) in [5.74, 6) is 0.250. The Hall–Kier alpha value is -0.450. The third kappa shape index (κ3) is 1.82. The van der Waals surface area contributed by atoms with Crippen LogP contribution in [0.25, 0.3) is 0 Å². The highest BCUT2D eigenvalue weighted by Gasteiger charge is 2.33. The summed E-state index contributed by atoms with van der Waals surface area (Å²) in [6, 6.07) is 1.89. The molecule has 1 aromatic rings. The van der Waals surface area contributed by atoms with Crippen LogP contribution in [0.4, 0.5) is 0 Å². The van der Waals surface area contributed by atoms with Crippen LogP contribution in [-0.4, -0.2) is 22.2 Å². The number of aliphatic hydroxyl groups is 1. The van der Waals surface area contributed by atoms with Crippen molar-refractivity contribution in [3.05, 3.63) is 17.1 Å². The molecule has 0 aliphatic carbocycles. The molecule has 0 spiro atoms. The lowest BCUT2D eigenvalue weighted by atomic mass is 9.92. The molecular weight excluding hydrogens is 198 g/mol. The molecule has 1 fully saturated rings. The molecule has 4 heteroatoms. The predicted octanol–water partition coefficient (Wildman–Crippen LogP) is 1.99. The van der Waals surface area contributed by atoms with Gasteiger partial charge in [0.25, 0.3) is 0 Å². The van der Waals surface area contributed by atoms with E-state index in [0.717, 1.165) is 24.3 Å². The van der Waals surface area contributed by atoms with Gasteiger partial charge in [-0.1, -0.05) is 6.92 Å². The lowest BCUT2D eigenvalue weighted by Gasteiger charge is -2.21. The van der Waals surface area contributed by atoms with Crippen molar-refractivity contribution >= 4 is 11.5 Å². The average Bonchev–Trinajstić information content (AvgIpc) is 2.87. The molecule has 0 amide bonds. The van der Waals surface area contributed by atoms with Crippen molar-refractivity contribution in [1.82, 2.24) is 4.37 Å². The van der Waals surface area contributed by atoms with Gasteiger partial charge in [0.1, 0.15) is 0 Å². The van der Waals surface area contributed by atoms with Gasteiger partial charge in [-0.25, -0.2) is 4.37 Å². The molecule has 3 atom stereocenters. The van der Waals surface area contributed by atoms with Crippen LogP contribution in [0, 0.1) is 5.92 Å². The van der Waals surface area contributed by atoms with E-state index < -0.39 is 6.10 Å². The highest BCUT2D eigenvalue weighted by atomic mass is 32.1. The molecule has 78 valence electrons. The van der Waals surface area contributed by atoms with Gasteiger partial charge in [-0.3, -0.25) is 0 Å². The minimum absolute atomic E-state index is 0.215. The number of ether oxygens (including phenoxy) is 1. The monoisotopic (exact) mass is 213 g/mol. The highest BCUT2D eigenvalue weighted by Crippen LogP contribution is 2.35. The van der Waals surface area contributed by atoms with E-state index in [4.69, 9.17) is 4.74 Å². The van der Waals surface area contributed by atoms with E-state index in [-0.39, 0.29) is 12.0 Å². The fourth-order valence-corrected chi connectivity index (χ4v) is 2.68. The third-order valence-electron chi connectivity index (χ3n) is 2.82. The van der Waals surface area contributed by atoms with Gasteiger partial charge in [-0.05, 0) is 30.4 Å². The topological polar surface area (TPSA) is 42.4 Å². The Morgan fingerprint density at radius 3 is 3.29 bits per heavy atom. The quantitative estimate of drug-likeness (QED) is 0.835. The van der Waals surface area contributed by atoms with Crippen molar-refractivity contribution in [2.45, 2.75) is 32.0 Å². The molecule has 1 aliphatic heterocycles. The Balaban J connectivity index is 2.07. The van der Waals surface area contributed by atoms with Crippen LogP contribution in [0.5, 0.6) is 0 Å². The fraction of sp³-hybridized carbons (Fsp3) is 0.700. The van der Waals surface area contributed by atoms with Gasteiger partial charge in [-0.2, -0.15) is 0 Å². The predicted molar refractivity (Wildman–Crippen MR) is 55.2 cm³/mol. The van der Waals surface area contributed by atoms with E-state index in [1.54, 1.807) is 6.20 Å². The molecular formula is C10H15NO2S. The molecule has 3 nitrogen and oxygen atoms in total. The molecule has 1 aliphatic rings. The summed E-state index contributed by atoms with van der Waals surface area (Å²) in [7, 11) is 0. The molecule has 2 rings (SSSR count). The first-order chi connectivity index (χ1) is 6.83. The van der Waals surface area contributed by atoms with Crippen molar-refractivity contribution in [3.63, 3.8) is 0 Å². The van der Waals surface area contributed by atoms with Crippen LogP contribution >= 0.6 is 11.5 Å². The number of hydrogen-bond donors (Lipinski definition) is 1. The van der Waals surface area contributed by atoms with Crippen LogP contribution in [0.3, 0.4) is 0 Å². The second-order valence-electron chi connectivity index (χ2n) is 3.63. The Morgan fingerprint density at radius 2 is 2.64 bits per heavy atom. The van der Waals surface area contributed by atoms with E-state index in [1.807, 2.05) is 6.07 Å². The normalized spacial score (nSPS) is 29.3. The van der Waals surface area contributed by atoms with E-state index in [9.17, 15) is 5.11 Å². The number of aromatic nitrogens is 1. The van der Waals surface area contributed by atoms with Crippen molar-refractivity contribution < 1.29 is 9.84 Å². The molecule has 0 radical (unpaired) electrons. The van der Waals surface area contributed by atoms with Gasteiger partial charge < -0.3 is 9.84 Å². The fourth-order valence-electron chi connectivity index (χ4n) is 2.04. The summed E-state index contributed by atoms with van der Waals surface area (Å²) < 4.78 is 9.56. The summed E-state index contributed by atoms with van der Waals surface area (Å²) in [6.07, 6.45) is 3.49. The van der Waals surface area contributed by atoms with Gasteiger partial charge in [0.15, 0.2) is 0 Å². The molecule has 3 unspecified atom stereocenters. The standard InChI is InChI=1S/C10H15NO2S/c1-2-8-7(4-6-13-8)10(12)9-3-5-11-14-9/h3,5,7-8,10,12H,2,4,6H2,1H3. The molecule has 0 saturated carbocycles. The van der Waals surface area contributed by atoms with Gasteiger partial charge >= 0.3 is 0 Å². The van der Waals surface area contributed by atoms with E-state index in [2.05, 4.69) is 11.3 Å². The summed E-state index contributed by atoms with van der Waals surface area (Å²) in [6.45, 7) is 2.88. The zero-order valence-electron chi connectivity index (χ0n) is 8.22. The zero-order valence-corrected chi connectivity index (χ0v) is 9.04. The Bertz CT molecular complexity index is 276. The summed E-state index contributed by atoms with van der Waals surface area (Å²) in [4.78, 5) is 0.957. The first-order valence-electron chi connectivity index (χ1n) is 5.03. The first-order valence-corrected chi connectivity index (χ1v) is 5.80. The van der Waals surface area contributed by atoms with Crippen LogP contribution in [0.2, 0.25) is 0 Å².